The van der Waals surface area contributed by atoms with Crippen molar-refractivity contribution in [1.29, 1.82) is 0 Å². The summed E-state index contributed by atoms with van der Waals surface area (Å²) in [5.41, 5.74) is 1.00. The van der Waals surface area contributed by atoms with E-state index in [4.69, 9.17) is 0 Å². The maximum absolute atomic E-state index is 12.1. The van der Waals surface area contributed by atoms with Crippen molar-refractivity contribution in [2.24, 2.45) is 0 Å². The van der Waals surface area contributed by atoms with Crippen molar-refractivity contribution in [3.05, 3.63) is 46.3 Å². The van der Waals surface area contributed by atoms with Gasteiger partial charge in [-0.05, 0) is 18.6 Å². The zero-order valence-electron chi connectivity index (χ0n) is 14.3. The standard InChI is InChI=1S/C17H19N5O4/c1-2-7-18-15(23)8-13-9-20-17(24)14-10-19-16(21(13)14)11-3-5-12(6-4-11)22(25)26/h3-6,10,13H,2,7-9H2,1H3,(H,18,23)(H,20,24). The zero-order valence-corrected chi connectivity index (χ0v) is 14.3. The molecule has 2 heterocycles. The topological polar surface area (TPSA) is 119 Å². The minimum absolute atomic E-state index is 0.0209. The van der Waals surface area contributed by atoms with Gasteiger partial charge in [-0.25, -0.2) is 4.98 Å². The van der Waals surface area contributed by atoms with E-state index < -0.39 is 4.92 Å². The zero-order chi connectivity index (χ0) is 18.7. The Balaban J connectivity index is 1.93. The Bertz CT molecular complexity index is 843. The van der Waals surface area contributed by atoms with Gasteiger partial charge in [-0.2, -0.15) is 0 Å². The summed E-state index contributed by atoms with van der Waals surface area (Å²) in [4.78, 5) is 38.9. The molecule has 9 nitrogen and oxygen atoms in total. The Morgan fingerprint density at radius 3 is 2.81 bits per heavy atom. The molecule has 2 N–H and O–H groups in total. The van der Waals surface area contributed by atoms with Crippen LogP contribution in [0.5, 0.6) is 0 Å². The van der Waals surface area contributed by atoms with Crippen LogP contribution in [0.4, 0.5) is 5.69 Å². The van der Waals surface area contributed by atoms with E-state index in [2.05, 4.69) is 15.6 Å². The third-order valence-corrected chi connectivity index (χ3v) is 4.22. The van der Waals surface area contributed by atoms with Gasteiger partial charge < -0.3 is 15.2 Å². The number of amides is 2. The molecule has 2 amide bonds. The lowest BCUT2D eigenvalue weighted by molar-refractivity contribution is -0.384. The number of rotatable bonds is 6. The minimum Gasteiger partial charge on any atom is -0.356 e. The quantitative estimate of drug-likeness (QED) is 0.602. The number of benzene rings is 1. The Morgan fingerprint density at radius 1 is 1.42 bits per heavy atom. The number of non-ortho nitro benzene ring substituents is 1. The van der Waals surface area contributed by atoms with Crippen molar-refractivity contribution in [3.8, 4) is 11.4 Å². The molecule has 3 rings (SSSR count). The van der Waals surface area contributed by atoms with E-state index in [0.29, 0.717) is 30.2 Å². The van der Waals surface area contributed by atoms with Gasteiger partial charge in [0.2, 0.25) is 5.91 Å². The molecule has 9 heteroatoms. The molecule has 0 bridgehead atoms. The predicted molar refractivity (Wildman–Crippen MR) is 93.6 cm³/mol. The second-order valence-electron chi connectivity index (χ2n) is 6.06. The molecule has 0 spiro atoms. The van der Waals surface area contributed by atoms with Gasteiger partial charge in [0.15, 0.2) is 0 Å². The third kappa shape index (κ3) is 3.41. The first-order chi connectivity index (χ1) is 12.5. The van der Waals surface area contributed by atoms with Gasteiger partial charge in [0, 0.05) is 37.2 Å². The molecule has 0 saturated heterocycles. The number of nitrogens with one attached hydrogen (secondary N) is 2. The van der Waals surface area contributed by atoms with Crippen LogP contribution in [0.15, 0.2) is 30.5 Å². The Kier molecular flexibility index (Phi) is 4.97. The van der Waals surface area contributed by atoms with E-state index in [1.54, 1.807) is 16.7 Å². The van der Waals surface area contributed by atoms with Crippen molar-refractivity contribution >= 4 is 17.5 Å². The highest BCUT2D eigenvalue weighted by atomic mass is 16.6. The second-order valence-corrected chi connectivity index (χ2v) is 6.06. The number of hydrogen-bond acceptors (Lipinski definition) is 5. The summed E-state index contributed by atoms with van der Waals surface area (Å²) in [6, 6.07) is 5.70. The molecule has 2 aromatic rings. The highest BCUT2D eigenvalue weighted by Gasteiger charge is 2.30. The van der Waals surface area contributed by atoms with E-state index >= 15 is 0 Å². The number of fused-ring (bicyclic) bond motifs is 1. The molecule has 1 aliphatic rings. The fourth-order valence-electron chi connectivity index (χ4n) is 2.95. The molecule has 0 saturated carbocycles. The number of nitro groups is 1. The van der Waals surface area contributed by atoms with Gasteiger partial charge in [0.05, 0.1) is 17.2 Å². The lowest BCUT2D eigenvalue weighted by Crippen LogP contribution is -2.41. The van der Waals surface area contributed by atoms with E-state index in [1.165, 1.54) is 18.3 Å². The molecular formula is C17H19N5O4. The molecule has 136 valence electrons. The summed E-state index contributed by atoms with van der Waals surface area (Å²) in [6.45, 7) is 2.90. The second kappa shape index (κ2) is 7.34. The highest BCUT2D eigenvalue weighted by molar-refractivity contribution is 5.94. The summed E-state index contributed by atoms with van der Waals surface area (Å²) in [6.07, 6.45) is 2.52. The largest absolute Gasteiger partial charge is 0.356 e. The number of carbonyl (C=O) groups excluding carboxylic acids is 2. The molecule has 0 radical (unpaired) electrons. The van der Waals surface area contributed by atoms with Crippen molar-refractivity contribution in [3.63, 3.8) is 0 Å². The molecule has 1 atom stereocenters. The summed E-state index contributed by atoms with van der Waals surface area (Å²) in [7, 11) is 0. The number of imidazole rings is 1. The van der Waals surface area contributed by atoms with Crippen LogP contribution in [0.3, 0.4) is 0 Å². The first kappa shape index (κ1) is 17.6. The van der Waals surface area contributed by atoms with Gasteiger partial charge in [-0.1, -0.05) is 6.92 Å². The Labute approximate surface area is 149 Å². The number of nitrogens with zero attached hydrogens (tertiary/aromatic N) is 3. The van der Waals surface area contributed by atoms with Crippen LogP contribution in [0.2, 0.25) is 0 Å². The van der Waals surface area contributed by atoms with E-state index in [1.807, 2.05) is 6.92 Å². The smallest absolute Gasteiger partial charge is 0.269 e. The van der Waals surface area contributed by atoms with Crippen LogP contribution >= 0.6 is 0 Å². The van der Waals surface area contributed by atoms with Crippen molar-refractivity contribution in [2.75, 3.05) is 13.1 Å². The lowest BCUT2D eigenvalue weighted by atomic mass is 10.1. The lowest BCUT2D eigenvalue weighted by Gasteiger charge is -2.27. The van der Waals surface area contributed by atoms with Gasteiger partial charge in [-0.15, -0.1) is 0 Å². The van der Waals surface area contributed by atoms with Gasteiger partial charge in [-0.3, -0.25) is 19.7 Å². The van der Waals surface area contributed by atoms with Crippen molar-refractivity contribution in [1.82, 2.24) is 20.2 Å². The third-order valence-electron chi connectivity index (χ3n) is 4.22. The van der Waals surface area contributed by atoms with Crippen LogP contribution in [0.25, 0.3) is 11.4 Å². The van der Waals surface area contributed by atoms with Crippen molar-refractivity contribution in [2.45, 2.75) is 25.8 Å². The number of aromatic nitrogens is 2. The van der Waals surface area contributed by atoms with Crippen LogP contribution in [-0.4, -0.2) is 39.4 Å². The first-order valence-corrected chi connectivity index (χ1v) is 8.38. The molecule has 26 heavy (non-hydrogen) atoms. The Hall–Kier alpha value is -3.23. The van der Waals surface area contributed by atoms with Crippen LogP contribution in [0.1, 0.15) is 36.3 Å². The fourth-order valence-corrected chi connectivity index (χ4v) is 2.95. The normalized spacial score (nSPS) is 15.9. The van der Waals surface area contributed by atoms with Gasteiger partial charge in [0.25, 0.3) is 11.6 Å². The number of nitro benzene ring substituents is 1. The van der Waals surface area contributed by atoms with Gasteiger partial charge in [0.1, 0.15) is 11.5 Å². The molecular weight excluding hydrogens is 338 g/mol. The van der Waals surface area contributed by atoms with Crippen LogP contribution in [-0.2, 0) is 4.79 Å². The fraction of sp³-hybridized carbons (Fsp3) is 0.353. The molecule has 1 unspecified atom stereocenters. The number of carbonyl (C=O) groups is 2. The van der Waals surface area contributed by atoms with E-state index in [9.17, 15) is 19.7 Å². The Morgan fingerprint density at radius 2 is 2.15 bits per heavy atom. The highest BCUT2D eigenvalue weighted by Crippen LogP contribution is 2.29. The first-order valence-electron chi connectivity index (χ1n) is 8.38. The summed E-state index contributed by atoms with van der Waals surface area (Å²) < 4.78 is 1.74. The summed E-state index contributed by atoms with van der Waals surface area (Å²) >= 11 is 0. The maximum atomic E-state index is 12.1. The van der Waals surface area contributed by atoms with Crippen LogP contribution < -0.4 is 10.6 Å². The van der Waals surface area contributed by atoms with E-state index in [0.717, 1.165) is 6.42 Å². The summed E-state index contributed by atoms with van der Waals surface area (Å²) in [5, 5.41) is 16.4. The predicted octanol–water partition coefficient (Wildman–Crippen LogP) is 1.66. The molecule has 1 aliphatic heterocycles. The monoisotopic (exact) mass is 357 g/mol. The molecule has 1 aromatic heterocycles. The van der Waals surface area contributed by atoms with Crippen LogP contribution in [0, 0.1) is 10.1 Å². The van der Waals surface area contributed by atoms with Crippen molar-refractivity contribution < 1.29 is 14.5 Å². The minimum atomic E-state index is -0.473. The average molecular weight is 357 g/mol. The molecule has 1 aromatic carbocycles. The summed E-state index contributed by atoms with van der Waals surface area (Å²) in [5.74, 6) is 0.163. The number of hydrogen-bond donors (Lipinski definition) is 2. The van der Waals surface area contributed by atoms with Gasteiger partial charge >= 0.3 is 0 Å². The average Bonchev–Trinajstić information content (AvgIpc) is 3.08. The SMILES string of the molecule is CCCNC(=O)CC1CNC(=O)c2cnc(-c3ccc([N+](=O)[O-])cc3)n21. The van der Waals surface area contributed by atoms with E-state index in [-0.39, 0.29) is 30.0 Å². The molecule has 0 aliphatic carbocycles. The maximum Gasteiger partial charge on any atom is 0.269 e. The molecule has 0 fully saturated rings.